The van der Waals surface area contributed by atoms with Gasteiger partial charge in [0.2, 0.25) is 0 Å². The van der Waals surface area contributed by atoms with Crippen LogP contribution in [-0.4, -0.2) is 31.3 Å². The van der Waals surface area contributed by atoms with Crippen LogP contribution in [0.5, 0.6) is 0 Å². The molecule has 7 heteroatoms. The van der Waals surface area contributed by atoms with E-state index in [1.807, 2.05) is 0 Å². The maximum atomic E-state index is 11.8. The van der Waals surface area contributed by atoms with Crippen LogP contribution in [0, 0.1) is 0 Å². The second-order valence-electron chi connectivity index (χ2n) is 4.08. The Labute approximate surface area is 98.4 Å². The number of alkyl halides is 3. The first-order chi connectivity index (χ1) is 8.01. The van der Waals surface area contributed by atoms with Gasteiger partial charge in [-0.05, 0) is 12.8 Å². The van der Waals surface area contributed by atoms with E-state index in [0.29, 0.717) is 5.84 Å². The van der Waals surface area contributed by atoms with Gasteiger partial charge in [0.1, 0.15) is 12.4 Å². The Kier molecular flexibility index (Phi) is 5.70. The number of hydrogen-bond donors (Lipinski definition) is 2. The maximum Gasteiger partial charge on any atom is 0.411 e. The molecule has 17 heavy (non-hydrogen) atoms. The van der Waals surface area contributed by atoms with Crippen LogP contribution in [0.15, 0.2) is 4.99 Å². The fourth-order valence-corrected chi connectivity index (χ4v) is 1.78. The van der Waals surface area contributed by atoms with Crippen molar-refractivity contribution in [3.8, 4) is 0 Å². The zero-order valence-electron chi connectivity index (χ0n) is 9.59. The molecule has 1 aliphatic rings. The Morgan fingerprint density at radius 3 is 2.53 bits per heavy atom. The molecule has 0 aliphatic heterocycles. The molecule has 0 atom stereocenters. The van der Waals surface area contributed by atoms with E-state index in [1.54, 1.807) is 0 Å². The van der Waals surface area contributed by atoms with Crippen molar-refractivity contribution < 1.29 is 17.9 Å². The first-order valence-electron chi connectivity index (χ1n) is 5.69. The molecule has 3 N–H and O–H groups in total. The summed E-state index contributed by atoms with van der Waals surface area (Å²) >= 11 is 0. The van der Waals surface area contributed by atoms with Gasteiger partial charge in [-0.2, -0.15) is 13.2 Å². The lowest BCUT2D eigenvalue weighted by Crippen LogP contribution is -2.32. The molecular formula is C10H18F3N3O. The topological polar surface area (TPSA) is 59.6 Å². The smallest absolute Gasteiger partial charge is 0.372 e. The fraction of sp³-hybridized carbons (Fsp3) is 0.900. The van der Waals surface area contributed by atoms with E-state index in [9.17, 15) is 13.2 Å². The second-order valence-corrected chi connectivity index (χ2v) is 4.08. The largest absolute Gasteiger partial charge is 0.411 e. The Morgan fingerprint density at radius 2 is 2.00 bits per heavy atom. The highest BCUT2D eigenvalue weighted by atomic mass is 19.4. The molecule has 0 radical (unpaired) electrons. The highest BCUT2D eigenvalue weighted by molar-refractivity contribution is 5.81. The van der Waals surface area contributed by atoms with Gasteiger partial charge in [0.15, 0.2) is 0 Å². The van der Waals surface area contributed by atoms with Crippen molar-refractivity contribution in [2.45, 2.75) is 44.3 Å². The van der Waals surface area contributed by atoms with E-state index in [0.717, 1.165) is 25.7 Å². The molecule has 0 saturated heterocycles. The van der Waals surface area contributed by atoms with Gasteiger partial charge >= 0.3 is 6.18 Å². The summed E-state index contributed by atoms with van der Waals surface area (Å²) in [4.78, 5) is 4.35. The van der Waals surface area contributed by atoms with E-state index in [2.05, 4.69) is 15.2 Å². The number of nitrogens with two attached hydrogens (primary N) is 1. The standard InChI is InChI=1S/C10H18F3N3O/c11-10(12,13)7-17-6-5-9(16-14)15-8-3-1-2-4-8/h8H,1-7,14H2,(H,15,16). The summed E-state index contributed by atoms with van der Waals surface area (Å²) in [5.41, 5.74) is 2.42. The number of halogens is 3. The van der Waals surface area contributed by atoms with E-state index < -0.39 is 12.8 Å². The molecule has 1 aliphatic carbocycles. The maximum absolute atomic E-state index is 11.8. The molecule has 0 spiro atoms. The number of nitrogens with one attached hydrogen (secondary N) is 1. The summed E-state index contributed by atoms with van der Waals surface area (Å²) in [6.07, 6.45) is 0.346. The van der Waals surface area contributed by atoms with Crippen LogP contribution in [0.1, 0.15) is 32.1 Å². The average Bonchev–Trinajstić information content (AvgIpc) is 2.73. The molecule has 0 bridgehead atoms. The van der Waals surface area contributed by atoms with Crippen LogP contribution in [0.3, 0.4) is 0 Å². The molecular weight excluding hydrogens is 235 g/mol. The first kappa shape index (κ1) is 14.2. The van der Waals surface area contributed by atoms with Crippen LogP contribution in [-0.2, 0) is 4.74 Å². The Balaban J connectivity index is 2.22. The number of ether oxygens (including phenoxy) is 1. The molecule has 0 aromatic heterocycles. The predicted molar refractivity (Wildman–Crippen MR) is 58.5 cm³/mol. The Bertz CT molecular complexity index is 250. The molecule has 0 aromatic carbocycles. The molecule has 4 nitrogen and oxygen atoms in total. The summed E-state index contributed by atoms with van der Waals surface area (Å²) < 4.78 is 39.9. The summed E-state index contributed by atoms with van der Waals surface area (Å²) in [5, 5.41) is 0. The summed E-state index contributed by atoms with van der Waals surface area (Å²) in [6.45, 7) is -1.26. The van der Waals surface area contributed by atoms with Crippen LogP contribution in [0.25, 0.3) is 0 Å². The lowest BCUT2D eigenvalue weighted by atomic mass is 10.2. The van der Waals surface area contributed by atoms with Crippen molar-refractivity contribution >= 4 is 5.84 Å². The van der Waals surface area contributed by atoms with Crippen LogP contribution in [0.4, 0.5) is 13.2 Å². The number of nitrogens with zero attached hydrogens (tertiary/aromatic N) is 1. The van der Waals surface area contributed by atoms with Crippen molar-refractivity contribution in [1.82, 2.24) is 5.43 Å². The van der Waals surface area contributed by atoms with Crippen molar-refractivity contribution in [3.63, 3.8) is 0 Å². The van der Waals surface area contributed by atoms with Crippen LogP contribution >= 0.6 is 0 Å². The lowest BCUT2D eigenvalue weighted by molar-refractivity contribution is -0.173. The number of hydrazine groups is 1. The SMILES string of the molecule is NNC(CCOCC(F)(F)F)=NC1CCCC1. The van der Waals surface area contributed by atoms with Gasteiger partial charge in [-0.1, -0.05) is 12.8 Å². The first-order valence-corrected chi connectivity index (χ1v) is 5.69. The zero-order valence-corrected chi connectivity index (χ0v) is 9.59. The molecule has 1 fully saturated rings. The third-order valence-electron chi connectivity index (χ3n) is 2.58. The normalized spacial score (nSPS) is 18.7. The highest BCUT2D eigenvalue weighted by Crippen LogP contribution is 2.21. The van der Waals surface area contributed by atoms with Gasteiger partial charge in [-0.25, -0.2) is 5.84 Å². The van der Waals surface area contributed by atoms with E-state index in [4.69, 9.17) is 5.84 Å². The quantitative estimate of drug-likeness (QED) is 0.258. The van der Waals surface area contributed by atoms with Crippen molar-refractivity contribution in [1.29, 1.82) is 0 Å². The molecule has 0 aromatic rings. The number of amidine groups is 1. The number of rotatable bonds is 5. The predicted octanol–water partition coefficient (Wildman–Crippen LogP) is 1.76. The number of hydrogen-bond acceptors (Lipinski definition) is 3. The average molecular weight is 253 g/mol. The van der Waals surface area contributed by atoms with Gasteiger partial charge in [0.05, 0.1) is 12.6 Å². The summed E-state index contributed by atoms with van der Waals surface area (Å²) in [7, 11) is 0. The lowest BCUT2D eigenvalue weighted by Gasteiger charge is -2.11. The summed E-state index contributed by atoms with van der Waals surface area (Å²) in [6, 6.07) is 0.253. The minimum Gasteiger partial charge on any atom is -0.372 e. The molecule has 1 saturated carbocycles. The van der Waals surface area contributed by atoms with Gasteiger partial charge in [0, 0.05) is 6.42 Å². The van der Waals surface area contributed by atoms with Gasteiger partial charge in [-0.3, -0.25) is 4.99 Å². The van der Waals surface area contributed by atoms with E-state index >= 15 is 0 Å². The van der Waals surface area contributed by atoms with Crippen LogP contribution < -0.4 is 11.3 Å². The van der Waals surface area contributed by atoms with Gasteiger partial charge in [-0.15, -0.1) is 0 Å². The Morgan fingerprint density at radius 1 is 1.35 bits per heavy atom. The number of aliphatic imine (C=N–C) groups is 1. The van der Waals surface area contributed by atoms with Gasteiger partial charge in [0.25, 0.3) is 0 Å². The third-order valence-corrected chi connectivity index (χ3v) is 2.58. The molecule has 0 amide bonds. The Hall–Kier alpha value is -0.820. The van der Waals surface area contributed by atoms with Gasteiger partial charge < -0.3 is 10.2 Å². The van der Waals surface area contributed by atoms with Crippen molar-refractivity contribution in [3.05, 3.63) is 0 Å². The minimum atomic E-state index is -4.28. The van der Waals surface area contributed by atoms with E-state index in [1.165, 1.54) is 0 Å². The second kappa shape index (κ2) is 6.80. The zero-order chi connectivity index (χ0) is 12.7. The third kappa shape index (κ3) is 6.48. The monoisotopic (exact) mass is 253 g/mol. The fourth-order valence-electron chi connectivity index (χ4n) is 1.78. The highest BCUT2D eigenvalue weighted by Gasteiger charge is 2.27. The molecule has 1 rings (SSSR count). The summed E-state index contributed by atoms with van der Waals surface area (Å²) in [5.74, 6) is 5.77. The molecule has 0 unspecified atom stereocenters. The minimum absolute atomic E-state index is 0.0325. The van der Waals surface area contributed by atoms with Crippen molar-refractivity contribution in [2.24, 2.45) is 10.8 Å². The van der Waals surface area contributed by atoms with Crippen molar-refractivity contribution in [2.75, 3.05) is 13.2 Å². The molecule has 100 valence electrons. The molecule has 0 heterocycles. The van der Waals surface area contributed by atoms with Crippen LogP contribution in [0.2, 0.25) is 0 Å². The van der Waals surface area contributed by atoms with E-state index in [-0.39, 0.29) is 19.1 Å².